The molecule has 0 N–H and O–H groups in total. The maximum absolute atomic E-state index is 13.0. The van der Waals surface area contributed by atoms with Crippen molar-refractivity contribution in [2.45, 2.75) is 38.1 Å². The Balaban J connectivity index is 2.30. The molecule has 3 heteroatoms. The Morgan fingerprint density at radius 2 is 1.95 bits per heavy atom. The number of methoxy groups -OCH3 is 1. The Bertz CT molecular complexity index is 466. The molecular formula is C17H25NO2. The zero-order chi connectivity index (χ0) is 14.8. The van der Waals surface area contributed by atoms with Crippen LogP contribution in [-0.2, 0) is 0 Å². The van der Waals surface area contributed by atoms with E-state index in [4.69, 9.17) is 4.74 Å². The van der Waals surface area contributed by atoms with E-state index < -0.39 is 0 Å². The predicted octanol–water partition coefficient (Wildman–Crippen LogP) is 3.39. The number of likely N-dealkylation sites (N-methyl/N-ethyl adjacent to an activating group) is 1. The van der Waals surface area contributed by atoms with Gasteiger partial charge in [-0.25, -0.2) is 0 Å². The van der Waals surface area contributed by atoms with E-state index in [-0.39, 0.29) is 11.3 Å². The van der Waals surface area contributed by atoms with E-state index in [9.17, 15) is 4.79 Å². The molecule has 2 atom stereocenters. The van der Waals surface area contributed by atoms with Crippen molar-refractivity contribution < 1.29 is 9.53 Å². The highest BCUT2D eigenvalue weighted by Gasteiger charge is 2.43. The number of ether oxygens (including phenoxy) is 1. The van der Waals surface area contributed by atoms with Crippen molar-refractivity contribution in [2.24, 2.45) is 5.92 Å². The van der Waals surface area contributed by atoms with Crippen LogP contribution >= 0.6 is 0 Å². The number of nitrogens with zero attached hydrogens (tertiary/aromatic N) is 1. The van der Waals surface area contributed by atoms with Crippen molar-refractivity contribution in [1.29, 1.82) is 0 Å². The van der Waals surface area contributed by atoms with Gasteiger partial charge in [0.05, 0.1) is 12.6 Å². The van der Waals surface area contributed by atoms with Gasteiger partial charge in [-0.2, -0.15) is 0 Å². The summed E-state index contributed by atoms with van der Waals surface area (Å²) in [5.74, 6) is 1.64. The molecule has 0 spiro atoms. The van der Waals surface area contributed by atoms with E-state index in [1.54, 1.807) is 7.11 Å². The summed E-state index contributed by atoms with van der Waals surface area (Å²) in [6, 6.07) is 7.49. The second-order valence-electron chi connectivity index (χ2n) is 6.19. The summed E-state index contributed by atoms with van der Waals surface area (Å²) in [6.07, 6.45) is 4.26. The van der Waals surface area contributed by atoms with E-state index in [0.717, 1.165) is 30.6 Å². The first-order chi connectivity index (χ1) is 9.49. The third-order valence-corrected chi connectivity index (χ3v) is 4.60. The molecule has 2 rings (SSSR count). The van der Waals surface area contributed by atoms with E-state index >= 15 is 0 Å². The van der Waals surface area contributed by atoms with Crippen molar-refractivity contribution in [2.75, 3.05) is 21.2 Å². The summed E-state index contributed by atoms with van der Waals surface area (Å²) in [4.78, 5) is 15.1. The maximum Gasteiger partial charge on any atom is 0.183 e. The van der Waals surface area contributed by atoms with Crippen LogP contribution in [-0.4, -0.2) is 37.4 Å². The second-order valence-corrected chi connectivity index (χ2v) is 6.19. The third kappa shape index (κ3) is 2.73. The number of carbonyl (C=O) groups is 1. The molecule has 1 aliphatic rings. The molecule has 0 bridgehead atoms. The summed E-state index contributed by atoms with van der Waals surface area (Å²) in [5, 5.41) is 0. The molecule has 20 heavy (non-hydrogen) atoms. The average molecular weight is 275 g/mol. The van der Waals surface area contributed by atoms with Crippen LogP contribution in [0.25, 0.3) is 0 Å². The minimum absolute atomic E-state index is 0.247. The number of rotatable bonds is 4. The third-order valence-electron chi connectivity index (χ3n) is 4.60. The summed E-state index contributed by atoms with van der Waals surface area (Å²) < 4.78 is 5.16. The van der Waals surface area contributed by atoms with Gasteiger partial charge in [0.2, 0.25) is 0 Å². The molecule has 0 saturated heterocycles. The Morgan fingerprint density at radius 1 is 1.30 bits per heavy atom. The van der Waals surface area contributed by atoms with E-state index in [0.29, 0.717) is 5.92 Å². The largest absolute Gasteiger partial charge is 0.497 e. The van der Waals surface area contributed by atoms with Gasteiger partial charge in [-0.05, 0) is 57.1 Å². The lowest BCUT2D eigenvalue weighted by Crippen LogP contribution is -2.53. The Morgan fingerprint density at radius 3 is 2.45 bits per heavy atom. The van der Waals surface area contributed by atoms with Gasteiger partial charge in [0, 0.05) is 5.56 Å². The lowest BCUT2D eigenvalue weighted by atomic mass is 9.71. The Labute approximate surface area is 121 Å². The summed E-state index contributed by atoms with van der Waals surface area (Å²) >= 11 is 0. The van der Waals surface area contributed by atoms with Crippen LogP contribution in [0.5, 0.6) is 5.75 Å². The van der Waals surface area contributed by atoms with Crippen LogP contribution in [0.2, 0.25) is 0 Å². The highest BCUT2D eigenvalue weighted by Crippen LogP contribution is 2.38. The van der Waals surface area contributed by atoms with Crippen molar-refractivity contribution in [3.8, 4) is 5.75 Å². The second kappa shape index (κ2) is 5.96. The molecule has 0 aliphatic heterocycles. The number of benzene rings is 1. The highest BCUT2D eigenvalue weighted by atomic mass is 16.5. The molecule has 1 aromatic rings. The SMILES string of the molecule is COc1ccc(C(=O)C2(N(C)C)CCCC(C)C2)cc1. The molecular weight excluding hydrogens is 250 g/mol. The molecule has 0 radical (unpaired) electrons. The zero-order valence-electron chi connectivity index (χ0n) is 13.0. The summed E-state index contributed by atoms with van der Waals surface area (Å²) in [6.45, 7) is 2.25. The fraction of sp³-hybridized carbons (Fsp3) is 0.588. The fourth-order valence-corrected chi connectivity index (χ4v) is 3.35. The lowest BCUT2D eigenvalue weighted by Gasteiger charge is -2.43. The smallest absolute Gasteiger partial charge is 0.183 e. The van der Waals surface area contributed by atoms with Gasteiger partial charge in [0.25, 0.3) is 0 Å². The molecule has 1 fully saturated rings. The molecule has 3 nitrogen and oxygen atoms in total. The molecule has 2 unspecified atom stereocenters. The van der Waals surface area contributed by atoms with Crippen molar-refractivity contribution in [3.05, 3.63) is 29.8 Å². The molecule has 1 saturated carbocycles. The van der Waals surface area contributed by atoms with Gasteiger partial charge >= 0.3 is 0 Å². The van der Waals surface area contributed by atoms with Crippen LogP contribution in [0.1, 0.15) is 43.0 Å². The Kier molecular flexibility index (Phi) is 4.48. The first kappa shape index (κ1) is 15.0. The van der Waals surface area contributed by atoms with Crippen molar-refractivity contribution in [3.63, 3.8) is 0 Å². The summed E-state index contributed by atoms with van der Waals surface area (Å²) in [7, 11) is 5.69. The number of hydrogen-bond acceptors (Lipinski definition) is 3. The highest BCUT2D eigenvalue weighted by molar-refractivity contribution is 6.03. The molecule has 1 aliphatic carbocycles. The van der Waals surface area contributed by atoms with Crippen LogP contribution in [0.3, 0.4) is 0 Å². The van der Waals surface area contributed by atoms with Gasteiger partial charge in [-0.15, -0.1) is 0 Å². The van der Waals surface area contributed by atoms with Crippen molar-refractivity contribution in [1.82, 2.24) is 4.90 Å². The van der Waals surface area contributed by atoms with E-state index in [1.807, 2.05) is 38.4 Å². The fourth-order valence-electron chi connectivity index (χ4n) is 3.35. The van der Waals surface area contributed by atoms with E-state index in [1.165, 1.54) is 6.42 Å². The first-order valence-electron chi connectivity index (χ1n) is 7.36. The van der Waals surface area contributed by atoms with Gasteiger partial charge in [0.15, 0.2) is 5.78 Å². The van der Waals surface area contributed by atoms with E-state index in [2.05, 4.69) is 11.8 Å². The predicted molar refractivity (Wildman–Crippen MR) is 81.4 cm³/mol. The Hall–Kier alpha value is -1.35. The number of ketones is 1. The number of hydrogen-bond donors (Lipinski definition) is 0. The maximum atomic E-state index is 13.0. The van der Waals surface area contributed by atoms with Crippen LogP contribution in [0.4, 0.5) is 0 Å². The molecule has 1 aromatic carbocycles. The summed E-state index contributed by atoms with van der Waals surface area (Å²) in [5.41, 5.74) is 0.445. The molecule has 0 heterocycles. The van der Waals surface area contributed by atoms with Crippen molar-refractivity contribution >= 4 is 5.78 Å². The van der Waals surface area contributed by atoms with Crippen LogP contribution in [0.15, 0.2) is 24.3 Å². The standard InChI is InChI=1S/C17H25NO2/c1-13-6-5-11-17(12-13,18(2)3)16(19)14-7-9-15(20-4)10-8-14/h7-10,13H,5-6,11-12H2,1-4H3. The van der Waals surface area contributed by atoms with Gasteiger partial charge < -0.3 is 4.74 Å². The monoisotopic (exact) mass is 275 g/mol. The molecule has 0 amide bonds. The minimum Gasteiger partial charge on any atom is -0.497 e. The molecule has 0 aromatic heterocycles. The quantitative estimate of drug-likeness (QED) is 0.789. The molecule has 110 valence electrons. The first-order valence-corrected chi connectivity index (χ1v) is 7.36. The minimum atomic E-state index is -0.341. The van der Waals surface area contributed by atoms with Gasteiger partial charge in [0.1, 0.15) is 5.75 Å². The lowest BCUT2D eigenvalue weighted by molar-refractivity contribution is 0.0486. The number of carbonyl (C=O) groups excluding carboxylic acids is 1. The van der Waals surface area contributed by atoms with Gasteiger partial charge in [-0.3, -0.25) is 9.69 Å². The number of Topliss-reactive ketones (excluding diaryl/α,β-unsaturated/α-hetero) is 1. The zero-order valence-corrected chi connectivity index (χ0v) is 13.0. The van der Waals surface area contributed by atoms with Gasteiger partial charge in [-0.1, -0.05) is 19.8 Å². The topological polar surface area (TPSA) is 29.5 Å². The van der Waals surface area contributed by atoms with Crippen LogP contribution in [0, 0.1) is 5.92 Å². The van der Waals surface area contributed by atoms with Crippen LogP contribution < -0.4 is 4.74 Å². The average Bonchev–Trinajstić information content (AvgIpc) is 2.46. The normalized spacial score (nSPS) is 26.6.